The van der Waals surface area contributed by atoms with E-state index in [1.54, 1.807) is 11.3 Å². The lowest BCUT2D eigenvalue weighted by Gasteiger charge is -2.20. The fourth-order valence-electron chi connectivity index (χ4n) is 2.24. The summed E-state index contributed by atoms with van der Waals surface area (Å²) in [7, 11) is 0. The molecule has 2 nitrogen and oxygen atoms in total. The summed E-state index contributed by atoms with van der Waals surface area (Å²) >= 11 is 1.74. The van der Waals surface area contributed by atoms with Crippen LogP contribution in [0, 0.1) is 0 Å². The molecule has 2 aromatic rings. The van der Waals surface area contributed by atoms with Crippen molar-refractivity contribution in [3.63, 3.8) is 0 Å². The Labute approximate surface area is 119 Å². The van der Waals surface area contributed by atoms with Crippen LogP contribution in [0.1, 0.15) is 49.2 Å². The van der Waals surface area contributed by atoms with E-state index < -0.39 is 0 Å². The first-order valence-corrected chi connectivity index (χ1v) is 7.87. The second kappa shape index (κ2) is 7.41. The fraction of sp³-hybridized carbons (Fsp3) is 0.438. The predicted octanol–water partition coefficient (Wildman–Crippen LogP) is 4.38. The topological polar surface area (TPSA) is 24.9 Å². The number of aromatic nitrogens is 1. The van der Waals surface area contributed by atoms with Crippen molar-refractivity contribution in [2.24, 2.45) is 0 Å². The summed E-state index contributed by atoms with van der Waals surface area (Å²) < 4.78 is 0. The molecule has 0 radical (unpaired) electrons. The van der Waals surface area contributed by atoms with E-state index in [-0.39, 0.29) is 0 Å². The SMILES string of the molecule is CCCC(NCC(C)c1nccs1)c1ccccc1. The molecule has 0 saturated heterocycles. The van der Waals surface area contributed by atoms with Crippen molar-refractivity contribution < 1.29 is 0 Å². The average Bonchev–Trinajstić information content (AvgIpc) is 2.98. The minimum Gasteiger partial charge on any atom is -0.309 e. The minimum absolute atomic E-state index is 0.452. The Hall–Kier alpha value is -1.19. The summed E-state index contributed by atoms with van der Waals surface area (Å²) in [5.74, 6) is 0.475. The lowest BCUT2D eigenvalue weighted by molar-refractivity contribution is 0.474. The van der Waals surface area contributed by atoms with Crippen LogP contribution in [0.3, 0.4) is 0 Å². The molecule has 2 atom stereocenters. The molecule has 0 aliphatic heterocycles. The van der Waals surface area contributed by atoms with Crippen molar-refractivity contribution in [2.45, 2.75) is 38.6 Å². The molecular weight excluding hydrogens is 252 g/mol. The monoisotopic (exact) mass is 274 g/mol. The van der Waals surface area contributed by atoms with Crippen LogP contribution in [0.15, 0.2) is 41.9 Å². The molecule has 1 heterocycles. The Morgan fingerprint density at radius 1 is 1.26 bits per heavy atom. The van der Waals surface area contributed by atoms with E-state index in [1.165, 1.54) is 23.4 Å². The third-order valence-electron chi connectivity index (χ3n) is 3.32. The summed E-state index contributed by atoms with van der Waals surface area (Å²) in [6.07, 6.45) is 4.25. The zero-order chi connectivity index (χ0) is 13.5. The van der Waals surface area contributed by atoms with Gasteiger partial charge < -0.3 is 5.32 Å². The van der Waals surface area contributed by atoms with Crippen LogP contribution in [-0.4, -0.2) is 11.5 Å². The third-order valence-corrected chi connectivity index (χ3v) is 4.33. The van der Waals surface area contributed by atoms with Crippen LogP contribution in [-0.2, 0) is 0 Å². The van der Waals surface area contributed by atoms with Gasteiger partial charge in [0, 0.05) is 30.1 Å². The van der Waals surface area contributed by atoms with Gasteiger partial charge in [0.15, 0.2) is 0 Å². The molecule has 0 saturated carbocycles. The predicted molar refractivity (Wildman–Crippen MR) is 82.6 cm³/mol. The lowest BCUT2D eigenvalue weighted by atomic mass is 10.0. The van der Waals surface area contributed by atoms with E-state index in [9.17, 15) is 0 Å². The molecule has 19 heavy (non-hydrogen) atoms. The number of thiazole rings is 1. The molecule has 0 bridgehead atoms. The summed E-state index contributed by atoms with van der Waals surface area (Å²) in [6, 6.07) is 11.2. The maximum Gasteiger partial charge on any atom is 0.0965 e. The van der Waals surface area contributed by atoms with Crippen LogP contribution < -0.4 is 5.32 Å². The molecule has 1 aromatic heterocycles. The minimum atomic E-state index is 0.452. The summed E-state index contributed by atoms with van der Waals surface area (Å²) in [4.78, 5) is 4.39. The molecule has 102 valence electrons. The molecule has 0 aliphatic carbocycles. The zero-order valence-corrected chi connectivity index (χ0v) is 12.5. The van der Waals surface area contributed by atoms with E-state index in [1.807, 2.05) is 11.6 Å². The van der Waals surface area contributed by atoms with Gasteiger partial charge in [-0.25, -0.2) is 4.98 Å². The van der Waals surface area contributed by atoms with E-state index in [0.717, 1.165) is 6.54 Å². The number of nitrogens with zero attached hydrogens (tertiary/aromatic N) is 1. The number of rotatable bonds is 7. The standard InChI is InChI=1S/C16H22N2S/c1-3-7-15(14-8-5-4-6-9-14)18-12-13(2)16-17-10-11-19-16/h4-6,8-11,13,15,18H,3,7,12H2,1-2H3. The molecule has 1 N–H and O–H groups in total. The van der Waals surface area contributed by atoms with Gasteiger partial charge in [-0.05, 0) is 12.0 Å². The highest BCUT2D eigenvalue weighted by Crippen LogP contribution is 2.21. The van der Waals surface area contributed by atoms with Crippen LogP contribution >= 0.6 is 11.3 Å². The second-order valence-corrected chi connectivity index (χ2v) is 5.86. The Balaban J connectivity index is 1.94. The van der Waals surface area contributed by atoms with Crippen LogP contribution in [0.25, 0.3) is 0 Å². The third kappa shape index (κ3) is 4.15. The van der Waals surface area contributed by atoms with Crippen molar-refractivity contribution in [2.75, 3.05) is 6.54 Å². The van der Waals surface area contributed by atoms with Crippen molar-refractivity contribution in [3.05, 3.63) is 52.5 Å². The number of nitrogens with one attached hydrogen (secondary N) is 1. The highest BCUT2D eigenvalue weighted by Gasteiger charge is 2.13. The quantitative estimate of drug-likeness (QED) is 0.810. The van der Waals surface area contributed by atoms with Gasteiger partial charge in [0.1, 0.15) is 0 Å². The molecule has 2 unspecified atom stereocenters. The Bertz CT molecular complexity index is 453. The van der Waals surface area contributed by atoms with Gasteiger partial charge in [-0.1, -0.05) is 50.6 Å². The smallest absolute Gasteiger partial charge is 0.0965 e. The maximum absolute atomic E-state index is 4.39. The molecule has 2 rings (SSSR count). The largest absolute Gasteiger partial charge is 0.309 e. The Morgan fingerprint density at radius 2 is 2.05 bits per heavy atom. The second-order valence-electron chi connectivity index (χ2n) is 4.93. The van der Waals surface area contributed by atoms with Gasteiger partial charge in [0.25, 0.3) is 0 Å². The Kier molecular flexibility index (Phi) is 5.55. The first-order valence-electron chi connectivity index (χ1n) is 6.99. The highest BCUT2D eigenvalue weighted by molar-refractivity contribution is 7.09. The fourth-order valence-corrected chi connectivity index (χ4v) is 2.94. The van der Waals surface area contributed by atoms with E-state index >= 15 is 0 Å². The first kappa shape index (κ1) is 14.2. The summed E-state index contributed by atoms with van der Waals surface area (Å²) in [5.41, 5.74) is 1.38. The molecule has 0 spiro atoms. The normalized spacial score (nSPS) is 14.2. The summed E-state index contributed by atoms with van der Waals surface area (Å²) in [6.45, 7) is 5.45. The number of hydrogen-bond acceptors (Lipinski definition) is 3. The van der Waals surface area contributed by atoms with Crippen LogP contribution in [0.5, 0.6) is 0 Å². The van der Waals surface area contributed by atoms with Gasteiger partial charge in [-0.3, -0.25) is 0 Å². The van der Waals surface area contributed by atoms with Gasteiger partial charge in [0.2, 0.25) is 0 Å². The lowest BCUT2D eigenvalue weighted by Crippen LogP contribution is -2.25. The Morgan fingerprint density at radius 3 is 2.68 bits per heavy atom. The molecule has 0 fully saturated rings. The van der Waals surface area contributed by atoms with E-state index in [2.05, 4.69) is 54.5 Å². The molecular formula is C16H22N2S. The molecule has 1 aromatic carbocycles. The molecule has 0 amide bonds. The summed E-state index contributed by atoms with van der Waals surface area (Å²) in [5, 5.41) is 6.96. The average molecular weight is 274 g/mol. The van der Waals surface area contributed by atoms with Crippen molar-refractivity contribution >= 4 is 11.3 Å². The van der Waals surface area contributed by atoms with Gasteiger partial charge >= 0.3 is 0 Å². The maximum atomic E-state index is 4.39. The van der Waals surface area contributed by atoms with Gasteiger partial charge in [0.05, 0.1) is 5.01 Å². The van der Waals surface area contributed by atoms with Crippen molar-refractivity contribution in [1.29, 1.82) is 0 Å². The van der Waals surface area contributed by atoms with Crippen molar-refractivity contribution in [1.82, 2.24) is 10.3 Å². The van der Waals surface area contributed by atoms with Gasteiger partial charge in [-0.2, -0.15) is 0 Å². The first-order chi connectivity index (χ1) is 9.31. The van der Waals surface area contributed by atoms with Crippen molar-refractivity contribution in [3.8, 4) is 0 Å². The number of hydrogen-bond donors (Lipinski definition) is 1. The van der Waals surface area contributed by atoms with Crippen LogP contribution in [0.4, 0.5) is 0 Å². The van der Waals surface area contributed by atoms with Crippen LogP contribution in [0.2, 0.25) is 0 Å². The number of benzene rings is 1. The zero-order valence-electron chi connectivity index (χ0n) is 11.7. The van der Waals surface area contributed by atoms with Gasteiger partial charge in [-0.15, -0.1) is 11.3 Å². The molecule has 3 heteroatoms. The highest BCUT2D eigenvalue weighted by atomic mass is 32.1. The van der Waals surface area contributed by atoms with E-state index in [4.69, 9.17) is 0 Å². The molecule has 0 aliphatic rings. The van der Waals surface area contributed by atoms with E-state index in [0.29, 0.717) is 12.0 Å².